The van der Waals surface area contributed by atoms with Crippen LogP contribution < -0.4 is 11.1 Å². The summed E-state index contributed by atoms with van der Waals surface area (Å²) >= 11 is 0. The Morgan fingerprint density at radius 3 is 2.79 bits per heavy atom. The van der Waals surface area contributed by atoms with Gasteiger partial charge in [0.25, 0.3) is 0 Å². The second-order valence-electron chi connectivity index (χ2n) is 3.79. The molecule has 80 valence electrons. The van der Waals surface area contributed by atoms with E-state index >= 15 is 0 Å². The minimum absolute atomic E-state index is 0.292. The van der Waals surface area contributed by atoms with Crippen LogP contribution in [0.3, 0.4) is 0 Å². The summed E-state index contributed by atoms with van der Waals surface area (Å²) in [6, 6.07) is -0.296. The van der Waals surface area contributed by atoms with Gasteiger partial charge >= 0.3 is 0 Å². The van der Waals surface area contributed by atoms with Crippen LogP contribution in [0.1, 0.15) is 13.3 Å². The van der Waals surface area contributed by atoms with Crippen molar-refractivity contribution in [2.24, 2.45) is 5.73 Å². The van der Waals surface area contributed by atoms with E-state index in [4.69, 9.17) is 5.73 Å². The summed E-state index contributed by atoms with van der Waals surface area (Å²) in [5.41, 5.74) is 6.19. The van der Waals surface area contributed by atoms with Gasteiger partial charge in [0.05, 0.1) is 0 Å². The van der Waals surface area contributed by atoms with Gasteiger partial charge in [-0.15, -0.1) is 0 Å². The molecule has 1 saturated heterocycles. The topological polar surface area (TPSA) is 58.4 Å². The van der Waals surface area contributed by atoms with E-state index < -0.39 is 0 Å². The number of nitrogens with one attached hydrogen (secondary N) is 1. The van der Waals surface area contributed by atoms with Crippen LogP contribution in [0.15, 0.2) is 12.2 Å². The van der Waals surface area contributed by atoms with Crippen molar-refractivity contribution in [3.8, 4) is 0 Å². The van der Waals surface area contributed by atoms with E-state index in [0.717, 1.165) is 38.2 Å². The summed E-state index contributed by atoms with van der Waals surface area (Å²) in [6.07, 6.45) is 1.05. The van der Waals surface area contributed by atoms with Crippen LogP contribution in [0.4, 0.5) is 0 Å². The van der Waals surface area contributed by atoms with Gasteiger partial charge in [0.1, 0.15) is 6.04 Å². The molecule has 1 heterocycles. The molecule has 0 aromatic heterocycles. The number of hydrogen-bond acceptors (Lipinski definition) is 3. The Bertz CT molecular complexity index is 205. The van der Waals surface area contributed by atoms with Crippen LogP contribution >= 0.6 is 0 Å². The van der Waals surface area contributed by atoms with Crippen molar-refractivity contribution < 1.29 is 4.79 Å². The summed E-state index contributed by atoms with van der Waals surface area (Å²) in [4.78, 5) is 13.4. The fourth-order valence-corrected chi connectivity index (χ4v) is 1.86. The summed E-state index contributed by atoms with van der Waals surface area (Å²) in [7, 11) is 0. The van der Waals surface area contributed by atoms with Gasteiger partial charge in [0.2, 0.25) is 5.91 Å². The standard InChI is InChI=1S/C10H19N3O/c1-8(2)9(10(11)14)13-6-3-4-12-5-7-13/h9,12H,1,3-7H2,2H3,(H2,11,14). The highest BCUT2D eigenvalue weighted by atomic mass is 16.1. The lowest BCUT2D eigenvalue weighted by Gasteiger charge is -2.28. The molecule has 0 bridgehead atoms. The van der Waals surface area contributed by atoms with Gasteiger partial charge in [0, 0.05) is 19.6 Å². The number of hydrogen-bond donors (Lipinski definition) is 2. The Morgan fingerprint density at radius 2 is 2.21 bits per heavy atom. The summed E-state index contributed by atoms with van der Waals surface area (Å²) < 4.78 is 0. The van der Waals surface area contributed by atoms with Crippen molar-refractivity contribution in [3.05, 3.63) is 12.2 Å². The van der Waals surface area contributed by atoms with Crippen molar-refractivity contribution in [2.45, 2.75) is 19.4 Å². The first-order valence-corrected chi connectivity index (χ1v) is 5.02. The molecule has 0 radical (unpaired) electrons. The number of nitrogens with zero attached hydrogens (tertiary/aromatic N) is 1. The molecule has 0 spiro atoms. The van der Waals surface area contributed by atoms with E-state index in [9.17, 15) is 4.79 Å². The number of nitrogens with two attached hydrogens (primary N) is 1. The monoisotopic (exact) mass is 197 g/mol. The van der Waals surface area contributed by atoms with Gasteiger partial charge in [-0.1, -0.05) is 12.2 Å². The SMILES string of the molecule is C=C(C)C(C(N)=O)N1CCCNCC1. The number of carbonyl (C=O) groups excluding carboxylic acids is 1. The van der Waals surface area contributed by atoms with Gasteiger partial charge < -0.3 is 11.1 Å². The highest BCUT2D eigenvalue weighted by Crippen LogP contribution is 2.09. The van der Waals surface area contributed by atoms with E-state index in [2.05, 4.69) is 16.8 Å². The molecule has 1 unspecified atom stereocenters. The Labute approximate surface area is 85.1 Å². The third-order valence-electron chi connectivity index (χ3n) is 2.48. The lowest BCUT2D eigenvalue weighted by Crippen LogP contribution is -2.46. The Hall–Kier alpha value is -0.870. The number of amides is 1. The fraction of sp³-hybridized carbons (Fsp3) is 0.700. The van der Waals surface area contributed by atoms with Crippen LogP contribution in [0.25, 0.3) is 0 Å². The molecule has 1 aliphatic heterocycles. The molecule has 4 heteroatoms. The predicted octanol–water partition coefficient (Wildman–Crippen LogP) is -0.288. The average molecular weight is 197 g/mol. The van der Waals surface area contributed by atoms with Crippen molar-refractivity contribution >= 4 is 5.91 Å². The molecule has 14 heavy (non-hydrogen) atoms. The smallest absolute Gasteiger partial charge is 0.239 e. The third-order valence-corrected chi connectivity index (χ3v) is 2.48. The molecule has 0 aromatic rings. The summed E-state index contributed by atoms with van der Waals surface area (Å²) in [6.45, 7) is 9.37. The zero-order chi connectivity index (χ0) is 10.6. The van der Waals surface area contributed by atoms with Crippen molar-refractivity contribution in [1.29, 1.82) is 0 Å². The second kappa shape index (κ2) is 5.12. The first-order valence-electron chi connectivity index (χ1n) is 5.02. The van der Waals surface area contributed by atoms with Gasteiger partial charge in [-0.2, -0.15) is 0 Å². The molecule has 1 fully saturated rings. The Kier molecular flexibility index (Phi) is 4.10. The predicted molar refractivity (Wildman–Crippen MR) is 56.9 cm³/mol. The average Bonchev–Trinajstić information content (AvgIpc) is 2.31. The molecule has 3 N–H and O–H groups in total. The normalized spacial score (nSPS) is 21.2. The van der Waals surface area contributed by atoms with E-state index in [-0.39, 0.29) is 11.9 Å². The van der Waals surface area contributed by atoms with Gasteiger partial charge in [-0.25, -0.2) is 0 Å². The van der Waals surface area contributed by atoms with Crippen molar-refractivity contribution in [3.63, 3.8) is 0 Å². The molecule has 1 rings (SSSR count). The summed E-state index contributed by atoms with van der Waals surface area (Å²) in [5, 5.41) is 3.29. The van der Waals surface area contributed by atoms with Crippen molar-refractivity contribution in [1.82, 2.24) is 10.2 Å². The molecule has 0 aliphatic carbocycles. The molecule has 0 saturated carbocycles. The molecule has 0 aromatic carbocycles. The number of carbonyl (C=O) groups is 1. The van der Waals surface area contributed by atoms with Crippen molar-refractivity contribution in [2.75, 3.05) is 26.2 Å². The minimum atomic E-state index is -0.296. The van der Waals surface area contributed by atoms with E-state index in [1.807, 2.05) is 6.92 Å². The van der Waals surface area contributed by atoms with Crippen LogP contribution in [0.2, 0.25) is 0 Å². The lowest BCUT2D eigenvalue weighted by molar-refractivity contribution is -0.121. The van der Waals surface area contributed by atoms with Crippen LogP contribution in [0.5, 0.6) is 0 Å². The largest absolute Gasteiger partial charge is 0.368 e. The number of primary amides is 1. The number of rotatable bonds is 3. The van der Waals surface area contributed by atoms with Gasteiger partial charge in [-0.05, 0) is 19.9 Å². The third kappa shape index (κ3) is 2.82. The molecular formula is C10H19N3O. The lowest BCUT2D eigenvalue weighted by atomic mass is 10.1. The van der Waals surface area contributed by atoms with Crippen LogP contribution in [-0.2, 0) is 4.79 Å². The summed E-state index contributed by atoms with van der Waals surface area (Å²) in [5.74, 6) is -0.292. The van der Waals surface area contributed by atoms with Crippen LogP contribution in [-0.4, -0.2) is 43.0 Å². The van der Waals surface area contributed by atoms with E-state index in [1.165, 1.54) is 0 Å². The maximum Gasteiger partial charge on any atom is 0.239 e. The highest BCUT2D eigenvalue weighted by Gasteiger charge is 2.24. The van der Waals surface area contributed by atoms with E-state index in [0.29, 0.717) is 0 Å². The minimum Gasteiger partial charge on any atom is -0.368 e. The van der Waals surface area contributed by atoms with E-state index in [1.54, 1.807) is 0 Å². The molecular weight excluding hydrogens is 178 g/mol. The zero-order valence-electron chi connectivity index (χ0n) is 8.75. The first-order chi connectivity index (χ1) is 6.63. The van der Waals surface area contributed by atoms with Crippen LogP contribution in [0, 0.1) is 0 Å². The maximum atomic E-state index is 11.3. The molecule has 4 nitrogen and oxygen atoms in total. The molecule has 1 amide bonds. The van der Waals surface area contributed by atoms with Gasteiger partial charge in [-0.3, -0.25) is 9.69 Å². The molecule has 1 atom stereocenters. The Balaban J connectivity index is 2.65. The highest BCUT2D eigenvalue weighted by molar-refractivity contribution is 5.83. The molecule has 1 aliphatic rings. The zero-order valence-corrected chi connectivity index (χ0v) is 8.75. The first kappa shape index (κ1) is 11.2. The second-order valence-corrected chi connectivity index (χ2v) is 3.79. The fourth-order valence-electron chi connectivity index (χ4n) is 1.86. The Morgan fingerprint density at radius 1 is 1.50 bits per heavy atom. The van der Waals surface area contributed by atoms with Gasteiger partial charge in [0.15, 0.2) is 0 Å². The quantitative estimate of drug-likeness (QED) is 0.611. The maximum absolute atomic E-state index is 11.3.